The first-order chi connectivity index (χ1) is 13.1. The molecule has 1 aliphatic rings. The Bertz CT molecular complexity index is 681. The van der Waals surface area contributed by atoms with E-state index in [0.717, 1.165) is 19.4 Å². The zero-order valence-electron chi connectivity index (χ0n) is 18.0. The van der Waals surface area contributed by atoms with Gasteiger partial charge in [-0.1, -0.05) is 6.07 Å². The molecule has 6 heteroatoms. The minimum Gasteiger partial charge on any atom is -0.497 e. The lowest BCUT2D eigenvalue weighted by atomic mass is 9.96. The largest absolute Gasteiger partial charge is 0.497 e. The van der Waals surface area contributed by atoms with Gasteiger partial charge in [0.15, 0.2) is 0 Å². The van der Waals surface area contributed by atoms with Crippen molar-refractivity contribution in [1.29, 1.82) is 0 Å². The Balaban J connectivity index is 2.04. The molecule has 1 aromatic carbocycles. The fourth-order valence-electron chi connectivity index (χ4n) is 3.43. The summed E-state index contributed by atoms with van der Waals surface area (Å²) in [5, 5.41) is 0. The third-order valence-corrected chi connectivity index (χ3v) is 4.83. The van der Waals surface area contributed by atoms with E-state index in [9.17, 15) is 9.59 Å². The molecule has 1 aromatic rings. The van der Waals surface area contributed by atoms with Crippen LogP contribution in [0.2, 0.25) is 0 Å². The monoisotopic (exact) mass is 390 g/mol. The zero-order chi connectivity index (χ0) is 20.9. The van der Waals surface area contributed by atoms with Crippen LogP contribution in [0, 0.1) is 5.92 Å². The standard InChI is InChI=1S/C22H34N2O4/c1-16(2)24(21(26)28-22(3,4)5)15-17-9-8-12-23(14-17)20(25)18-10-7-11-19(13-18)27-6/h7,10-11,13,16-17H,8-9,12,14-15H2,1-6H3. The van der Waals surface area contributed by atoms with E-state index in [-0.39, 0.29) is 24.0 Å². The number of hydrogen-bond acceptors (Lipinski definition) is 4. The van der Waals surface area contributed by atoms with Crippen LogP contribution in [0.15, 0.2) is 24.3 Å². The number of hydrogen-bond donors (Lipinski definition) is 0. The molecule has 28 heavy (non-hydrogen) atoms. The average Bonchev–Trinajstić information content (AvgIpc) is 2.64. The second kappa shape index (κ2) is 9.30. The second-order valence-corrected chi connectivity index (χ2v) is 8.72. The first-order valence-electron chi connectivity index (χ1n) is 10.0. The molecule has 0 spiro atoms. The van der Waals surface area contributed by atoms with Gasteiger partial charge in [-0.2, -0.15) is 0 Å². The zero-order valence-corrected chi connectivity index (χ0v) is 18.0. The average molecular weight is 391 g/mol. The number of carbonyl (C=O) groups is 2. The highest BCUT2D eigenvalue weighted by Gasteiger charge is 2.30. The van der Waals surface area contributed by atoms with Crippen molar-refractivity contribution in [3.63, 3.8) is 0 Å². The smallest absolute Gasteiger partial charge is 0.410 e. The number of amides is 2. The molecule has 0 saturated carbocycles. The van der Waals surface area contributed by atoms with Crippen LogP contribution in [0.25, 0.3) is 0 Å². The minimum absolute atomic E-state index is 0.0111. The summed E-state index contributed by atoms with van der Waals surface area (Å²) >= 11 is 0. The first-order valence-corrected chi connectivity index (χ1v) is 10.0. The quantitative estimate of drug-likeness (QED) is 0.756. The van der Waals surface area contributed by atoms with Crippen molar-refractivity contribution in [3.05, 3.63) is 29.8 Å². The predicted molar refractivity (Wildman–Crippen MR) is 110 cm³/mol. The van der Waals surface area contributed by atoms with Crippen molar-refractivity contribution in [2.24, 2.45) is 5.92 Å². The van der Waals surface area contributed by atoms with Gasteiger partial charge in [0.25, 0.3) is 5.91 Å². The number of likely N-dealkylation sites (tertiary alicyclic amines) is 1. The van der Waals surface area contributed by atoms with Crippen molar-refractivity contribution in [3.8, 4) is 5.75 Å². The Morgan fingerprint density at radius 2 is 2.00 bits per heavy atom. The summed E-state index contributed by atoms with van der Waals surface area (Å²) in [5.41, 5.74) is 0.110. The molecule has 0 bridgehead atoms. The van der Waals surface area contributed by atoms with E-state index in [4.69, 9.17) is 9.47 Å². The van der Waals surface area contributed by atoms with Gasteiger partial charge in [-0.25, -0.2) is 4.79 Å². The molecule has 2 amide bonds. The van der Waals surface area contributed by atoms with Gasteiger partial charge in [0.2, 0.25) is 0 Å². The maximum Gasteiger partial charge on any atom is 0.410 e. The Labute approximate surface area is 168 Å². The number of rotatable bonds is 5. The highest BCUT2D eigenvalue weighted by atomic mass is 16.6. The number of benzene rings is 1. The third kappa shape index (κ3) is 6.14. The van der Waals surface area contributed by atoms with Crippen LogP contribution in [0.3, 0.4) is 0 Å². The van der Waals surface area contributed by atoms with E-state index in [0.29, 0.717) is 24.4 Å². The molecule has 6 nitrogen and oxygen atoms in total. The van der Waals surface area contributed by atoms with Crippen LogP contribution in [0.4, 0.5) is 4.79 Å². The van der Waals surface area contributed by atoms with E-state index in [2.05, 4.69) is 0 Å². The van der Waals surface area contributed by atoms with Crippen molar-refractivity contribution < 1.29 is 19.1 Å². The number of piperidine rings is 1. The van der Waals surface area contributed by atoms with Crippen molar-refractivity contribution in [2.75, 3.05) is 26.7 Å². The van der Waals surface area contributed by atoms with Crippen LogP contribution in [0.5, 0.6) is 5.75 Å². The summed E-state index contributed by atoms with van der Waals surface area (Å²) in [6.45, 7) is 11.6. The van der Waals surface area contributed by atoms with Gasteiger partial charge in [0.05, 0.1) is 7.11 Å². The van der Waals surface area contributed by atoms with Gasteiger partial charge in [0, 0.05) is 31.2 Å². The maximum atomic E-state index is 12.9. The minimum atomic E-state index is -0.523. The summed E-state index contributed by atoms with van der Waals surface area (Å²) < 4.78 is 10.8. The predicted octanol–water partition coefficient (Wildman–Crippen LogP) is 4.19. The normalized spacial score (nSPS) is 17.4. The molecule has 1 heterocycles. The van der Waals surface area contributed by atoms with E-state index < -0.39 is 5.60 Å². The van der Waals surface area contributed by atoms with E-state index in [1.807, 2.05) is 57.7 Å². The lowest BCUT2D eigenvalue weighted by Crippen LogP contribution is -2.48. The summed E-state index contributed by atoms with van der Waals surface area (Å²) in [7, 11) is 1.59. The van der Waals surface area contributed by atoms with Crippen LogP contribution in [-0.2, 0) is 4.74 Å². The van der Waals surface area contributed by atoms with Crippen LogP contribution < -0.4 is 4.74 Å². The van der Waals surface area contributed by atoms with E-state index >= 15 is 0 Å². The van der Waals surface area contributed by atoms with Crippen molar-refractivity contribution in [2.45, 2.75) is 59.1 Å². The fraction of sp³-hybridized carbons (Fsp3) is 0.636. The molecule has 1 unspecified atom stereocenters. The molecule has 1 aliphatic heterocycles. The summed E-state index contributed by atoms with van der Waals surface area (Å²) in [6, 6.07) is 7.29. The third-order valence-electron chi connectivity index (χ3n) is 4.83. The molecule has 156 valence electrons. The molecule has 0 aromatic heterocycles. The number of nitrogens with zero attached hydrogens (tertiary/aromatic N) is 2. The summed E-state index contributed by atoms with van der Waals surface area (Å²) in [6.07, 6.45) is 1.63. The number of methoxy groups -OCH3 is 1. The van der Waals surface area contributed by atoms with Crippen molar-refractivity contribution >= 4 is 12.0 Å². The van der Waals surface area contributed by atoms with Gasteiger partial charge in [-0.3, -0.25) is 4.79 Å². The number of ether oxygens (including phenoxy) is 2. The fourth-order valence-corrected chi connectivity index (χ4v) is 3.43. The highest BCUT2D eigenvalue weighted by Crippen LogP contribution is 2.23. The summed E-state index contributed by atoms with van der Waals surface area (Å²) in [5.74, 6) is 0.922. The molecule has 2 rings (SSSR count). The Morgan fingerprint density at radius 3 is 2.61 bits per heavy atom. The van der Waals surface area contributed by atoms with Gasteiger partial charge >= 0.3 is 6.09 Å². The van der Waals surface area contributed by atoms with Gasteiger partial charge in [-0.15, -0.1) is 0 Å². The lowest BCUT2D eigenvalue weighted by Gasteiger charge is -2.37. The Morgan fingerprint density at radius 1 is 1.29 bits per heavy atom. The topological polar surface area (TPSA) is 59.1 Å². The maximum absolute atomic E-state index is 12.9. The molecule has 1 atom stereocenters. The molecule has 0 N–H and O–H groups in total. The van der Waals surface area contributed by atoms with Crippen molar-refractivity contribution in [1.82, 2.24) is 9.80 Å². The molecular weight excluding hydrogens is 356 g/mol. The Kier molecular flexibility index (Phi) is 7.33. The van der Waals surface area contributed by atoms with Crippen LogP contribution in [-0.4, -0.2) is 60.2 Å². The van der Waals surface area contributed by atoms with Gasteiger partial charge < -0.3 is 19.3 Å². The molecule has 0 radical (unpaired) electrons. The van der Waals surface area contributed by atoms with Crippen LogP contribution >= 0.6 is 0 Å². The molecule has 1 fully saturated rings. The van der Waals surface area contributed by atoms with Crippen LogP contribution in [0.1, 0.15) is 57.8 Å². The molecule has 1 saturated heterocycles. The van der Waals surface area contributed by atoms with E-state index in [1.165, 1.54) is 0 Å². The second-order valence-electron chi connectivity index (χ2n) is 8.72. The molecule has 0 aliphatic carbocycles. The lowest BCUT2D eigenvalue weighted by molar-refractivity contribution is 0.0124. The number of carbonyl (C=O) groups excluding carboxylic acids is 2. The Hall–Kier alpha value is -2.24. The summed E-state index contributed by atoms with van der Waals surface area (Å²) in [4.78, 5) is 29.2. The SMILES string of the molecule is COc1cccc(C(=O)N2CCCC(CN(C(=O)OC(C)(C)C)C(C)C)C2)c1. The van der Waals surface area contributed by atoms with Gasteiger partial charge in [0.1, 0.15) is 11.4 Å². The highest BCUT2D eigenvalue weighted by molar-refractivity contribution is 5.94. The molecular formula is C22H34N2O4. The first kappa shape index (κ1) is 22.1. The van der Waals surface area contributed by atoms with E-state index in [1.54, 1.807) is 18.1 Å². The van der Waals surface area contributed by atoms with Gasteiger partial charge in [-0.05, 0) is 71.6 Å².